The molecule has 28 heavy (non-hydrogen) atoms. The smallest absolute Gasteiger partial charge is 0.225 e. The number of carbonyl (C=O) groups excluding carboxylic acids is 1. The van der Waals surface area contributed by atoms with Crippen molar-refractivity contribution in [1.82, 2.24) is 4.90 Å². The number of nitriles is 1. The van der Waals surface area contributed by atoms with Gasteiger partial charge < -0.3 is 15.0 Å². The molecule has 2 aromatic rings. The fourth-order valence-electron chi connectivity index (χ4n) is 3.37. The molecule has 0 radical (unpaired) electrons. The first-order valence-electron chi connectivity index (χ1n) is 9.69. The van der Waals surface area contributed by atoms with Crippen molar-refractivity contribution in [2.24, 2.45) is 0 Å². The van der Waals surface area contributed by atoms with Crippen molar-refractivity contribution in [1.29, 1.82) is 5.26 Å². The summed E-state index contributed by atoms with van der Waals surface area (Å²) >= 11 is 0. The topological polar surface area (TPSA) is 68.6 Å². The molecule has 6 nitrogen and oxygen atoms in total. The summed E-state index contributed by atoms with van der Waals surface area (Å²) < 4.78 is 5.74. The molecule has 0 spiro atoms. The van der Waals surface area contributed by atoms with Gasteiger partial charge in [0.1, 0.15) is 11.8 Å². The van der Waals surface area contributed by atoms with Gasteiger partial charge in [-0.25, -0.2) is 0 Å². The number of anilines is 2. The highest BCUT2D eigenvalue weighted by atomic mass is 16.5. The fourth-order valence-corrected chi connectivity index (χ4v) is 3.37. The average molecular weight is 378 g/mol. The molecule has 2 aromatic carbocycles. The highest BCUT2D eigenvalue weighted by Crippen LogP contribution is 2.28. The van der Waals surface area contributed by atoms with Crippen LogP contribution in [0.1, 0.15) is 18.9 Å². The summed E-state index contributed by atoms with van der Waals surface area (Å²) in [6, 6.07) is 17.3. The predicted molar refractivity (Wildman–Crippen MR) is 111 cm³/mol. The number of benzene rings is 2. The summed E-state index contributed by atoms with van der Waals surface area (Å²) in [5.41, 5.74) is 2.19. The summed E-state index contributed by atoms with van der Waals surface area (Å²) in [5, 5.41) is 12.0. The first-order chi connectivity index (χ1) is 13.7. The van der Waals surface area contributed by atoms with Crippen molar-refractivity contribution in [2.45, 2.75) is 13.3 Å². The Morgan fingerprint density at radius 2 is 1.82 bits per heavy atom. The summed E-state index contributed by atoms with van der Waals surface area (Å²) in [6.45, 7) is 6.98. The van der Waals surface area contributed by atoms with Crippen LogP contribution in [0.15, 0.2) is 48.5 Å². The number of rotatable bonds is 7. The van der Waals surface area contributed by atoms with Crippen LogP contribution in [0.2, 0.25) is 0 Å². The predicted octanol–water partition coefficient (Wildman–Crippen LogP) is 3.11. The van der Waals surface area contributed by atoms with Gasteiger partial charge in [-0.3, -0.25) is 9.69 Å². The number of hydrogen-bond donors (Lipinski definition) is 1. The molecule has 1 fully saturated rings. The van der Waals surface area contributed by atoms with Crippen molar-refractivity contribution in [3.8, 4) is 11.8 Å². The van der Waals surface area contributed by atoms with Crippen molar-refractivity contribution in [2.75, 3.05) is 49.5 Å². The molecule has 146 valence electrons. The number of piperazine rings is 1. The maximum atomic E-state index is 12.3. The van der Waals surface area contributed by atoms with E-state index >= 15 is 0 Å². The third-order valence-corrected chi connectivity index (χ3v) is 4.85. The van der Waals surface area contributed by atoms with Gasteiger partial charge in [0.25, 0.3) is 0 Å². The lowest BCUT2D eigenvalue weighted by Gasteiger charge is -2.36. The quantitative estimate of drug-likeness (QED) is 0.802. The Morgan fingerprint density at radius 1 is 1.11 bits per heavy atom. The average Bonchev–Trinajstić information content (AvgIpc) is 2.74. The van der Waals surface area contributed by atoms with Crippen LogP contribution in [-0.2, 0) is 4.79 Å². The molecule has 0 aromatic heterocycles. The largest absolute Gasteiger partial charge is 0.492 e. The van der Waals surface area contributed by atoms with E-state index in [4.69, 9.17) is 10.00 Å². The molecule has 1 heterocycles. The zero-order chi connectivity index (χ0) is 19.8. The Bertz CT molecular complexity index is 838. The van der Waals surface area contributed by atoms with E-state index in [0.29, 0.717) is 30.8 Å². The molecular weight excluding hydrogens is 352 g/mol. The Morgan fingerprint density at radius 3 is 2.57 bits per heavy atom. The van der Waals surface area contributed by atoms with Gasteiger partial charge in [-0.1, -0.05) is 24.3 Å². The van der Waals surface area contributed by atoms with Crippen molar-refractivity contribution in [3.05, 3.63) is 54.1 Å². The van der Waals surface area contributed by atoms with Crippen LogP contribution >= 0.6 is 0 Å². The number of nitrogens with zero attached hydrogens (tertiary/aromatic N) is 3. The molecule has 0 atom stereocenters. The molecule has 1 amide bonds. The molecule has 0 unspecified atom stereocenters. The number of ether oxygens (including phenoxy) is 1. The van der Waals surface area contributed by atoms with Gasteiger partial charge in [-0.15, -0.1) is 0 Å². The van der Waals surface area contributed by atoms with Gasteiger partial charge in [0.2, 0.25) is 5.91 Å². The normalized spacial score (nSPS) is 14.4. The van der Waals surface area contributed by atoms with E-state index in [2.05, 4.69) is 27.3 Å². The number of hydrogen-bond acceptors (Lipinski definition) is 5. The highest BCUT2D eigenvalue weighted by Gasteiger charge is 2.20. The summed E-state index contributed by atoms with van der Waals surface area (Å²) in [5.74, 6) is 0.862. The fraction of sp³-hybridized carbons (Fsp3) is 0.364. The molecule has 0 saturated carbocycles. The molecule has 1 saturated heterocycles. The number of para-hydroxylation sites is 3. The molecule has 1 aliphatic rings. The second-order valence-electron chi connectivity index (χ2n) is 6.68. The molecule has 0 bridgehead atoms. The Labute approximate surface area is 166 Å². The first kappa shape index (κ1) is 19.7. The van der Waals surface area contributed by atoms with Crippen molar-refractivity contribution in [3.63, 3.8) is 0 Å². The van der Waals surface area contributed by atoms with E-state index in [1.807, 2.05) is 31.2 Å². The second-order valence-corrected chi connectivity index (χ2v) is 6.68. The summed E-state index contributed by atoms with van der Waals surface area (Å²) in [4.78, 5) is 16.9. The minimum atomic E-state index is -0.0631. The zero-order valence-corrected chi connectivity index (χ0v) is 16.2. The highest BCUT2D eigenvalue weighted by molar-refractivity contribution is 5.92. The van der Waals surface area contributed by atoms with E-state index in [-0.39, 0.29) is 5.91 Å². The Balaban J connectivity index is 1.47. The lowest BCUT2D eigenvalue weighted by atomic mass is 10.2. The standard InChI is InChI=1S/C22H26N4O2/c1-2-28-21-10-6-5-9-20(21)26-15-13-25(14-16-26)12-11-22(27)24-19-8-4-3-7-18(19)17-23/h3-10H,2,11-16H2,1H3,(H,24,27). The lowest BCUT2D eigenvalue weighted by Crippen LogP contribution is -2.47. The van der Waals surface area contributed by atoms with Gasteiger partial charge >= 0.3 is 0 Å². The number of amides is 1. The molecule has 3 rings (SSSR count). The van der Waals surface area contributed by atoms with E-state index in [9.17, 15) is 4.79 Å². The molecule has 1 aliphatic heterocycles. The third kappa shape index (κ3) is 5.02. The molecule has 1 N–H and O–H groups in total. The van der Waals surface area contributed by atoms with Crippen LogP contribution < -0.4 is 15.0 Å². The summed E-state index contributed by atoms with van der Waals surface area (Å²) in [6.07, 6.45) is 0.412. The maximum absolute atomic E-state index is 12.3. The van der Waals surface area contributed by atoms with Crippen molar-refractivity contribution >= 4 is 17.3 Å². The molecule has 6 heteroatoms. The second kappa shape index (κ2) is 9.77. The van der Waals surface area contributed by atoms with Gasteiger partial charge in [-0.05, 0) is 31.2 Å². The van der Waals surface area contributed by atoms with Gasteiger partial charge in [0.05, 0.1) is 23.5 Å². The van der Waals surface area contributed by atoms with Crippen LogP contribution in [-0.4, -0.2) is 50.1 Å². The molecule has 0 aliphatic carbocycles. The van der Waals surface area contributed by atoms with Gasteiger partial charge in [-0.2, -0.15) is 5.26 Å². The Kier molecular flexibility index (Phi) is 6.88. The zero-order valence-electron chi connectivity index (χ0n) is 16.2. The maximum Gasteiger partial charge on any atom is 0.225 e. The van der Waals surface area contributed by atoms with E-state index in [0.717, 1.165) is 37.6 Å². The monoisotopic (exact) mass is 378 g/mol. The SMILES string of the molecule is CCOc1ccccc1N1CCN(CCC(=O)Nc2ccccc2C#N)CC1. The molecular formula is C22H26N4O2. The van der Waals surface area contributed by atoms with Crippen molar-refractivity contribution < 1.29 is 9.53 Å². The van der Waals surface area contributed by atoms with Crippen LogP contribution in [0.4, 0.5) is 11.4 Å². The van der Waals surface area contributed by atoms with E-state index in [1.165, 1.54) is 0 Å². The van der Waals surface area contributed by atoms with Crippen LogP contribution in [0, 0.1) is 11.3 Å². The lowest BCUT2D eigenvalue weighted by molar-refractivity contribution is -0.116. The van der Waals surface area contributed by atoms with E-state index < -0.39 is 0 Å². The van der Waals surface area contributed by atoms with E-state index in [1.54, 1.807) is 18.2 Å². The minimum absolute atomic E-state index is 0.0631. The summed E-state index contributed by atoms with van der Waals surface area (Å²) in [7, 11) is 0. The minimum Gasteiger partial charge on any atom is -0.492 e. The van der Waals surface area contributed by atoms with Crippen LogP contribution in [0.3, 0.4) is 0 Å². The first-order valence-corrected chi connectivity index (χ1v) is 9.69. The van der Waals surface area contributed by atoms with Crippen LogP contribution in [0.5, 0.6) is 5.75 Å². The van der Waals surface area contributed by atoms with Crippen LogP contribution in [0.25, 0.3) is 0 Å². The van der Waals surface area contributed by atoms with Gasteiger partial charge in [0, 0.05) is 39.1 Å². The number of carbonyl (C=O) groups is 1. The number of nitrogens with one attached hydrogen (secondary N) is 1. The van der Waals surface area contributed by atoms with Gasteiger partial charge in [0.15, 0.2) is 0 Å². The Hall–Kier alpha value is -3.04. The third-order valence-electron chi connectivity index (χ3n) is 4.85.